The molecule has 3 aliphatic carbocycles. The lowest BCUT2D eigenvalue weighted by Crippen LogP contribution is -2.59. The van der Waals surface area contributed by atoms with Crippen molar-refractivity contribution in [3.63, 3.8) is 0 Å². The molecule has 0 radical (unpaired) electrons. The number of aliphatic imine (C=N–C) groups is 2. The molecular formula is C37H58N6O7. The summed E-state index contributed by atoms with van der Waals surface area (Å²) in [7, 11) is 1.32. The van der Waals surface area contributed by atoms with E-state index in [9.17, 15) is 28.8 Å². The Kier molecular flexibility index (Phi) is 10.9. The summed E-state index contributed by atoms with van der Waals surface area (Å²) in [5.74, 6) is 0. The molecule has 3 saturated carbocycles. The highest BCUT2D eigenvalue weighted by Crippen LogP contribution is 2.50. The summed E-state index contributed by atoms with van der Waals surface area (Å²) in [4.78, 5) is 86.4. The molecule has 3 aliphatic rings. The average Bonchev–Trinajstić information content (AvgIpc) is 2.93. The van der Waals surface area contributed by atoms with Crippen LogP contribution in [0.2, 0.25) is 0 Å². The SMILES string of the molecule is COC(=O)NC1CC(C)(C)CC(C)(Cn2c(=O)n(CC3(C)CC(N=C=O)CC(C)(C)C3)c(=O)n(CC3(C)CC(N=C=O)CC(C)(C)C3)c2=O)C1. The molecule has 0 aromatic carbocycles. The summed E-state index contributed by atoms with van der Waals surface area (Å²) in [6.45, 7) is 18.8. The predicted octanol–water partition coefficient (Wildman–Crippen LogP) is 4.95. The molecule has 1 heterocycles. The molecule has 0 aliphatic heterocycles. The van der Waals surface area contributed by atoms with Gasteiger partial charge in [0.05, 0.1) is 19.2 Å². The minimum atomic E-state index is -0.671. The number of methoxy groups -OCH3 is 1. The average molecular weight is 699 g/mol. The molecule has 1 aromatic rings. The summed E-state index contributed by atoms with van der Waals surface area (Å²) in [5.41, 5.74) is -4.41. The van der Waals surface area contributed by atoms with E-state index in [0.29, 0.717) is 57.8 Å². The van der Waals surface area contributed by atoms with Crippen molar-refractivity contribution in [2.75, 3.05) is 7.11 Å². The van der Waals surface area contributed by atoms with Crippen molar-refractivity contribution in [2.24, 2.45) is 42.5 Å². The summed E-state index contributed by atoms with van der Waals surface area (Å²) in [6, 6.07) is -0.838. The Hall–Kier alpha value is -3.56. The quantitative estimate of drug-likeness (QED) is 0.282. The topological polar surface area (TPSA) is 163 Å². The van der Waals surface area contributed by atoms with Gasteiger partial charge in [-0.3, -0.25) is 0 Å². The van der Waals surface area contributed by atoms with Gasteiger partial charge in [0, 0.05) is 25.7 Å². The van der Waals surface area contributed by atoms with E-state index >= 15 is 0 Å². The maximum atomic E-state index is 14.5. The van der Waals surface area contributed by atoms with Crippen molar-refractivity contribution in [1.82, 2.24) is 19.0 Å². The molecule has 0 bridgehead atoms. The second-order valence-electron chi connectivity index (χ2n) is 19.4. The zero-order chi connectivity index (χ0) is 37.5. The molecular weight excluding hydrogens is 640 g/mol. The van der Waals surface area contributed by atoms with Crippen LogP contribution in [0.25, 0.3) is 0 Å². The van der Waals surface area contributed by atoms with Crippen LogP contribution in [0.15, 0.2) is 24.4 Å². The number of carbonyl (C=O) groups excluding carboxylic acids is 3. The van der Waals surface area contributed by atoms with E-state index in [4.69, 9.17) is 4.74 Å². The van der Waals surface area contributed by atoms with Gasteiger partial charge in [-0.1, -0.05) is 62.3 Å². The van der Waals surface area contributed by atoms with Gasteiger partial charge in [0.25, 0.3) is 0 Å². The molecule has 50 heavy (non-hydrogen) atoms. The third-order valence-electron chi connectivity index (χ3n) is 11.3. The number of nitrogens with one attached hydrogen (secondary N) is 1. The van der Waals surface area contributed by atoms with E-state index in [1.165, 1.54) is 20.8 Å². The van der Waals surface area contributed by atoms with Crippen LogP contribution in [-0.4, -0.2) is 57.2 Å². The first-order chi connectivity index (χ1) is 22.9. The molecule has 0 spiro atoms. The van der Waals surface area contributed by atoms with Crippen LogP contribution in [-0.2, 0) is 34.0 Å². The Balaban J connectivity index is 1.87. The lowest BCUT2D eigenvalue weighted by atomic mass is 9.62. The summed E-state index contributed by atoms with van der Waals surface area (Å²) in [5, 5.41) is 2.93. The Labute approximate surface area is 295 Å². The van der Waals surface area contributed by atoms with Gasteiger partial charge in [-0.15, -0.1) is 0 Å². The van der Waals surface area contributed by atoms with Crippen molar-refractivity contribution in [2.45, 2.75) is 158 Å². The summed E-state index contributed by atoms with van der Waals surface area (Å²) in [6.07, 6.45) is 8.45. The van der Waals surface area contributed by atoms with Gasteiger partial charge in [0.15, 0.2) is 0 Å². The minimum Gasteiger partial charge on any atom is -0.453 e. The fraction of sp³-hybridized carbons (Fsp3) is 0.838. The zero-order valence-corrected chi connectivity index (χ0v) is 31.8. The fourth-order valence-electron chi connectivity index (χ4n) is 11.0. The molecule has 0 saturated heterocycles. The van der Waals surface area contributed by atoms with Gasteiger partial charge >= 0.3 is 23.2 Å². The van der Waals surface area contributed by atoms with E-state index in [-0.39, 0.29) is 54.0 Å². The van der Waals surface area contributed by atoms with Crippen LogP contribution in [0.5, 0.6) is 0 Å². The largest absolute Gasteiger partial charge is 0.453 e. The number of ether oxygens (including phenoxy) is 1. The molecule has 1 N–H and O–H groups in total. The smallest absolute Gasteiger partial charge is 0.407 e. The third-order valence-corrected chi connectivity index (χ3v) is 11.3. The second kappa shape index (κ2) is 13.9. The number of aromatic nitrogens is 3. The predicted molar refractivity (Wildman–Crippen MR) is 190 cm³/mol. The van der Waals surface area contributed by atoms with Crippen molar-refractivity contribution in [3.05, 3.63) is 31.5 Å². The highest BCUT2D eigenvalue weighted by atomic mass is 16.5. The maximum Gasteiger partial charge on any atom is 0.407 e. The van der Waals surface area contributed by atoms with Crippen LogP contribution >= 0.6 is 0 Å². The minimum absolute atomic E-state index is 0.0499. The molecule has 1 aromatic heterocycles. The molecule has 1 amide bonds. The maximum absolute atomic E-state index is 14.5. The van der Waals surface area contributed by atoms with Crippen molar-refractivity contribution < 1.29 is 19.1 Å². The zero-order valence-electron chi connectivity index (χ0n) is 31.8. The summed E-state index contributed by atoms with van der Waals surface area (Å²) < 4.78 is 8.52. The Morgan fingerprint density at radius 1 is 0.640 bits per heavy atom. The normalized spacial score (nSPS) is 33.0. The first-order valence-corrected chi connectivity index (χ1v) is 17.9. The van der Waals surface area contributed by atoms with Gasteiger partial charge in [0.2, 0.25) is 12.2 Å². The van der Waals surface area contributed by atoms with Gasteiger partial charge < -0.3 is 10.1 Å². The van der Waals surface area contributed by atoms with Gasteiger partial charge in [0.1, 0.15) is 0 Å². The number of alkyl carbamates (subject to hydrolysis) is 1. The van der Waals surface area contributed by atoms with Crippen molar-refractivity contribution in [1.29, 1.82) is 0 Å². The van der Waals surface area contributed by atoms with Crippen LogP contribution < -0.4 is 22.4 Å². The van der Waals surface area contributed by atoms with Gasteiger partial charge in [-0.05, 0) is 90.3 Å². The summed E-state index contributed by atoms with van der Waals surface area (Å²) >= 11 is 0. The molecule has 3 fully saturated rings. The monoisotopic (exact) mass is 698 g/mol. The molecule has 6 atom stereocenters. The third kappa shape index (κ3) is 9.21. The number of rotatable bonds is 9. The Morgan fingerprint density at radius 3 is 1.32 bits per heavy atom. The number of hydrogen-bond acceptors (Lipinski definition) is 9. The van der Waals surface area contributed by atoms with Crippen LogP contribution in [0.4, 0.5) is 4.79 Å². The van der Waals surface area contributed by atoms with Gasteiger partial charge in [-0.2, -0.15) is 0 Å². The van der Waals surface area contributed by atoms with E-state index in [2.05, 4.69) is 56.8 Å². The molecule has 278 valence electrons. The van der Waals surface area contributed by atoms with E-state index in [0.717, 1.165) is 0 Å². The van der Waals surface area contributed by atoms with Crippen molar-refractivity contribution >= 4 is 18.3 Å². The number of carbonyl (C=O) groups is 1. The number of isocyanates is 2. The Morgan fingerprint density at radius 2 is 0.980 bits per heavy atom. The highest BCUT2D eigenvalue weighted by molar-refractivity contribution is 5.67. The first-order valence-electron chi connectivity index (χ1n) is 17.9. The Bertz CT molecular complexity index is 1650. The molecule has 13 nitrogen and oxygen atoms in total. The van der Waals surface area contributed by atoms with Crippen LogP contribution in [0, 0.1) is 32.5 Å². The van der Waals surface area contributed by atoms with Crippen LogP contribution in [0.3, 0.4) is 0 Å². The highest BCUT2D eigenvalue weighted by Gasteiger charge is 2.46. The number of nitrogens with zero attached hydrogens (tertiary/aromatic N) is 5. The molecule has 4 rings (SSSR count). The lowest BCUT2D eigenvalue weighted by molar-refractivity contribution is 0.0462. The van der Waals surface area contributed by atoms with Crippen molar-refractivity contribution in [3.8, 4) is 0 Å². The second-order valence-corrected chi connectivity index (χ2v) is 19.4. The van der Waals surface area contributed by atoms with Crippen LogP contribution in [0.1, 0.15) is 120 Å². The van der Waals surface area contributed by atoms with E-state index in [1.807, 2.05) is 20.8 Å². The van der Waals surface area contributed by atoms with E-state index < -0.39 is 39.4 Å². The fourth-order valence-corrected chi connectivity index (χ4v) is 11.0. The van der Waals surface area contributed by atoms with E-state index in [1.54, 1.807) is 12.2 Å². The molecule has 6 unspecified atom stereocenters. The standard InChI is InChI=1S/C37H58N6O7/c1-32(2)11-25(38-23-44)14-35(7,17-32)20-41-29(47)42(21-36(8)15-26(39-24-45)12-33(3,4)18-36)31(49)43(30(41)48)22-37(9)16-27(40-28(46)50-10)13-34(5,6)19-37/h25-27H,11-22H2,1-10H3,(H,40,46). The number of amides is 1. The molecule has 13 heteroatoms. The number of hydrogen-bond donors (Lipinski definition) is 1. The van der Waals surface area contributed by atoms with Gasteiger partial charge in [-0.25, -0.2) is 52.5 Å². The lowest BCUT2D eigenvalue weighted by Gasteiger charge is -2.47. The first kappa shape index (κ1) is 39.2.